The van der Waals surface area contributed by atoms with Crippen LogP contribution in [-0.4, -0.2) is 0 Å². The highest BCUT2D eigenvalue weighted by molar-refractivity contribution is 5.98. The molecule has 59 heavy (non-hydrogen) atoms. The summed E-state index contributed by atoms with van der Waals surface area (Å²) < 4.78 is 0. The molecular weight excluding hydrogens is 711 g/mol. The van der Waals surface area contributed by atoms with Crippen LogP contribution in [0.3, 0.4) is 0 Å². The predicted molar refractivity (Wildman–Crippen MR) is 250 cm³/mol. The van der Waals surface area contributed by atoms with Crippen LogP contribution < -0.4 is 5.32 Å². The van der Waals surface area contributed by atoms with Crippen LogP contribution in [0.25, 0.3) is 71.6 Å². The van der Waals surface area contributed by atoms with Gasteiger partial charge in [0.25, 0.3) is 0 Å². The molecule has 1 aliphatic heterocycles. The van der Waals surface area contributed by atoms with Crippen LogP contribution in [0.5, 0.6) is 0 Å². The van der Waals surface area contributed by atoms with Gasteiger partial charge in [0.1, 0.15) is 0 Å². The van der Waals surface area contributed by atoms with Crippen molar-refractivity contribution in [2.75, 3.05) is 0 Å². The molecule has 1 heterocycles. The standard InChI is InChI=1S/C58H45N/c1-58(2)54-30-28-45(34-52(54)53-35-46(29-31-55(53)58)51-19-11-17-42-14-9-10-18-50(42)51)44-26-24-40-25-27-47(33-48(40)32-44)57-37-49(36-56(59-57)43-15-7-4-8-16-43)41-22-20-39(21-23-41)38-12-5-3-6-13-38/h3-15,17-37,43,57,59H,16H2,1-2H3. The number of nitrogens with one attached hydrogen (secondary N) is 1. The first kappa shape index (κ1) is 35.2. The Hall–Kier alpha value is -6.96. The Kier molecular flexibility index (Phi) is 8.45. The molecule has 1 heteroatoms. The van der Waals surface area contributed by atoms with Gasteiger partial charge in [-0.1, -0.05) is 184 Å². The third-order valence-electron chi connectivity index (χ3n) is 13.0. The van der Waals surface area contributed by atoms with E-state index in [-0.39, 0.29) is 11.5 Å². The van der Waals surface area contributed by atoms with Crippen molar-refractivity contribution < 1.29 is 0 Å². The summed E-state index contributed by atoms with van der Waals surface area (Å²) in [4.78, 5) is 0. The highest BCUT2D eigenvalue weighted by atomic mass is 14.9. The monoisotopic (exact) mass is 755 g/mol. The first-order chi connectivity index (χ1) is 29.0. The minimum Gasteiger partial charge on any atom is -0.377 e. The summed E-state index contributed by atoms with van der Waals surface area (Å²) in [5, 5.41) is 9.02. The molecule has 0 bridgehead atoms. The van der Waals surface area contributed by atoms with Gasteiger partial charge >= 0.3 is 0 Å². The molecule has 0 fully saturated rings. The maximum atomic E-state index is 3.96. The highest BCUT2D eigenvalue weighted by Crippen LogP contribution is 2.51. The molecule has 0 saturated heterocycles. The van der Waals surface area contributed by atoms with Crippen molar-refractivity contribution in [2.45, 2.75) is 31.7 Å². The molecular formula is C58H45N. The lowest BCUT2D eigenvalue weighted by Gasteiger charge is -2.29. The number of hydrogen-bond acceptors (Lipinski definition) is 1. The van der Waals surface area contributed by atoms with Crippen LogP contribution in [0.15, 0.2) is 212 Å². The molecule has 2 aliphatic carbocycles. The molecule has 0 saturated carbocycles. The van der Waals surface area contributed by atoms with Gasteiger partial charge in [0.05, 0.1) is 6.04 Å². The maximum absolute atomic E-state index is 3.96. The van der Waals surface area contributed by atoms with Gasteiger partial charge in [-0.25, -0.2) is 0 Å². The van der Waals surface area contributed by atoms with E-state index in [9.17, 15) is 0 Å². The summed E-state index contributed by atoms with van der Waals surface area (Å²) in [6, 6.07) is 63.2. The van der Waals surface area contributed by atoms with Crippen molar-refractivity contribution in [2.24, 2.45) is 5.92 Å². The smallest absolute Gasteiger partial charge is 0.0704 e. The zero-order valence-electron chi connectivity index (χ0n) is 33.5. The molecule has 2 atom stereocenters. The summed E-state index contributed by atoms with van der Waals surface area (Å²) in [5.74, 6) is 0.319. The summed E-state index contributed by atoms with van der Waals surface area (Å²) in [5.41, 5.74) is 17.9. The summed E-state index contributed by atoms with van der Waals surface area (Å²) in [6.07, 6.45) is 14.7. The predicted octanol–water partition coefficient (Wildman–Crippen LogP) is 15.0. The van der Waals surface area contributed by atoms with Crippen molar-refractivity contribution in [3.63, 3.8) is 0 Å². The van der Waals surface area contributed by atoms with E-state index in [1.54, 1.807) is 0 Å². The molecule has 0 aromatic heterocycles. The zero-order valence-corrected chi connectivity index (χ0v) is 33.5. The van der Waals surface area contributed by atoms with Crippen LogP contribution in [-0.2, 0) is 5.41 Å². The van der Waals surface area contributed by atoms with E-state index in [0.717, 1.165) is 6.42 Å². The highest BCUT2D eigenvalue weighted by Gasteiger charge is 2.36. The fourth-order valence-electron chi connectivity index (χ4n) is 9.76. The second kappa shape index (κ2) is 14.1. The normalized spacial score (nSPS) is 17.6. The second-order valence-electron chi connectivity index (χ2n) is 16.9. The molecule has 1 N–H and O–H groups in total. The summed E-state index contributed by atoms with van der Waals surface area (Å²) in [6.45, 7) is 4.74. The van der Waals surface area contributed by atoms with E-state index >= 15 is 0 Å². The Bertz CT molecular complexity index is 3060. The van der Waals surface area contributed by atoms with Crippen molar-refractivity contribution in [1.82, 2.24) is 5.32 Å². The van der Waals surface area contributed by atoms with E-state index in [4.69, 9.17) is 0 Å². The molecule has 3 aliphatic rings. The van der Waals surface area contributed by atoms with Gasteiger partial charge < -0.3 is 5.32 Å². The lowest BCUT2D eigenvalue weighted by Crippen LogP contribution is -2.26. The van der Waals surface area contributed by atoms with E-state index in [0.29, 0.717) is 5.92 Å². The van der Waals surface area contributed by atoms with Crippen molar-refractivity contribution in [3.05, 3.63) is 234 Å². The Morgan fingerprint density at radius 1 is 0.492 bits per heavy atom. The lowest BCUT2D eigenvalue weighted by molar-refractivity contribution is 0.610. The van der Waals surface area contributed by atoms with Gasteiger partial charge in [-0.05, 0) is 137 Å². The SMILES string of the molecule is CC1(C)c2ccc(-c3ccc4ccc(C5C=C(c6ccc(-c7ccccc7)cc6)C=C(C6C=CC=CC6)N5)cc4c3)cc2-c2cc(-c3cccc4ccccc34)ccc21. The molecule has 0 radical (unpaired) electrons. The van der Waals surface area contributed by atoms with Gasteiger partial charge in [-0.2, -0.15) is 0 Å². The fourth-order valence-corrected chi connectivity index (χ4v) is 9.76. The molecule has 8 aromatic rings. The van der Waals surface area contributed by atoms with Gasteiger partial charge in [0.2, 0.25) is 0 Å². The Balaban J connectivity index is 0.949. The Labute approximate surface area is 347 Å². The number of allylic oxidation sites excluding steroid dienone is 6. The number of benzene rings is 8. The molecule has 282 valence electrons. The van der Waals surface area contributed by atoms with Crippen molar-refractivity contribution in [1.29, 1.82) is 0 Å². The molecule has 0 spiro atoms. The molecule has 8 aromatic carbocycles. The largest absolute Gasteiger partial charge is 0.377 e. The summed E-state index contributed by atoms with van der Waals surface area (Å²) >= 11 is 0. The van der Waals surface area contributed by atoms with E-state index in [1.165, 1.54) is 99.6 Å². The average molecular weight is 756 g/mol. The van der Waals surface area contributed by atoms with Crippen LogP contribution >= 0.6 is 0 Å². The molecule has 11 rings (SSSR count). The maximum Gasteiger partial charge on any atom is 0.0704 e. The van der Waals surface area contributed by atoms with Gasteiger partial charge in [0, 0.05) is 17.0 Å². The van der Waals surface area contributed by atoms with Crippen LogP contribution in [0.2, 0.25) is 0 Å². The minimum absolute atomic E-state index is 0.0424. The van der Waals surface area contributed by atoms with Crippen LogP contribution in [0, 0.1) is 5.92 Å². The fraction of sp³-hybridized carbons (Fsp3) is 0.103. The van der Waals surface area contributed by atoms with Crippen LogP contribution in [0.1, 0.15) is 48.6 Å². The number of fused-ring (bicyclic) bond motifs is 5. The second-order valence-corrected chi connectivity index (χ2v) is 16.9. The Morgan fingerprint density at radius 3 is 1.97 bits per heavy atom. The third kappa shape index (κ3) is 6.26. The van der Waals surface area contributed by atoms with Crippen molar-refractivity contribution >= 4 is 27.1 Å². The minimum atomic E-state index is -0.0704. The van der Waals surface area contributed by atoms with Crippen LogP contribution in [0.4, 0.5) is 0 Å². The van der Waals surface area contributed by atoms with Gasteiger partial charge in [-0.15, -0.1) is 0 Å². The van der Waals surface area contributed by atoms with E-state index in [2.05, 4.69) is 225 Å². The topological polar surface area (TPSA) is 12.0 Å². The number of hydrogen-bond donors (Lipinski definition) is 1. The molecule has 1 nitrogen and oxygen atoms in total. The first-order valence-corrected chi connectivity index (χ1v) is 21.0. The third-order valence-corrected chi connectivity index (χ3v) is 13.0. The Morgan fingerprint density at radius 2 is 1.15 bits per heavy atom. The lowest BCUT2D eigenvalue weighted by atomic mass is 9.81. The quantitative estimate of drug-likeness (QED) is 0.178. The van der Waals surface area contributed by atoms with Gasteiger partial charge in [0.15, 0.2) is 0 Å². The van der Waals surface area contributed by atoms with Gasteiger partial charge in [-0.3, -0.25) is 0 Å². The number of dihydropyridines is 1. The zero-order chi connectivity index (χ0) is 39.5. The first-order valence-electron chi connectivity index (χ1n) is 21.0. The molecule has 0 amide bonds. The molecule has 2 unspecified atom stereocenters. The van der Waals surface area contributed by atoms with Crippen molar-refractivity contribution in [3.8, 4) is 44.5 Å². The number of rotatable bonds is 6. The van der Waals surface area contributed by atoms with E-state index < -0.39 is 0 Å². The van der Waals surface area contributed by atoms with E-state index in [1.807, 2.05) is 0 Å². The average Bonchev–Trinajstić information content (AvgIpc) is 3.53. The summed E-state index contributed by atoms with van der Waals surface area (Å²) in [7, 11) is 0.